The van der Waals surface area contributed by atoms with E-state index in [-0.39, 0.29) is 5.91 Å². The number of hydrogen-bond donors (Lipinski definition) is 1. The third kappa shape index (κ3) is 2.49. The number of benzene rings is 1. The van der Waals surface area contributed by atoms with Crippen molar-refractivity contribution in [1.29, 1.82) is 0 Å². The number of nitrogens with one attached hydrogen (secondary N) is 1. The molecule has 0 fully saturated rings. The van der Waals surface area contributed by atoms with Crippen molar-refractivity contribution in [3.63, 3.8) is 0 Å². The van der Waals surface area contributed by atoms with Crippen LogP contribution in [0.2, 0.25) is 0 Å². The van der Waals surface area contributed by atoms with Gasteiger partial charge in [-0.1, -0.05) is 19.1 Å². The number of carbonyl (C=O) groups excluding carboxylic acids is 1. The fourth-order valence-electron chi connectivity index (χ4n) is 1.47. The Balaban J connectivity index is 2.12. The van der Waals surface area contributed by atoms with Crippen molar-refractivity contribution in [2.75, 3.05) is 5.32 Å². The molecule has 0 saturated heterocycles. The second kappa shape index (κ2) is 4.94. The van der Waals surface area contributed by atoms with Crippen molar-refractivity contribution in [2.45, 2.75) is 13.3 Å². The minimum atomic E-state index is -0.0468. The first-order chi connectivity index (χ1) is 7.79. The van der Waals surface area contributed by atoms with E-state index < -0.39 is 0 Å². The number of amides is 1. The van der Waals surface area contributed by atoms with E-state index in [1.165, 1.54) is 16.9 Å². The van der Waals surface area contributed by atoms with Crippen LogP contribution < -0.4 is 5.32 Å². The van der Waals surface area contributed by atoms with Gasteiger partial charge in [0.2, 0.25) is 0 Å². The summed E-state index contributed by atoms with van der Waals surface area (Å²) in [6.45, 7) is 2.10. The molecule has 2 rings (SSSR count). The highest BCUT2D eigenvalue weighted by molar-refractivity contribution is 7.08. The molecule has 16 heavy (non-hydrogen) atoms. The Labute approximate surface area is 98.9 Å². The molecule has 2 aromatic rings. The van der Waals surface area contributed by atoms with E-state index in [4.69, 9.17) is 0 Å². The SMILES string of the molecule is CCc1cccc(NC(=O)c2ccsc2)c1. The molecule has 0 saturated carbocycles. The minimum Gasteiger partial charge on any atom is -0.322 e. The molecule has 0 radical (unpaired) electrons. The highest BCUT2D eigenvalue weighted by Gasteiger charge is 2.05. The van der Waals surface area contributed by atoms with E-state index in [0.29, 0.717) is 5.56 Å². The zero-order valence-electron chi connectivity index (χ0n) is 9.07. The summed E-state index contributed by atoms with van der Waals surface area (Å²) in [5, 5.41) is 6.63. The number of rotatable bonds is 3. The largest absolute Gasteiger partial charge is 0.322 e. The van der Waals surface area contributed by atoms with Gasteiger partial charge in [0.25, 0.3) is 5.91 Å². The molecule has 82 valence electrons. The lowest BCUT2D eigenvalue weighted by Crippen LogP contribution is -2.10. The molecule has 0 aliphatic rings. The van der Waals surface area contributed by atoms with Crippen LogP contribution in [0.1, 0.15) is 22.8 Å². The Morgan fingerprint density at radius 1 is 1.38 bits per heavy atom. The number of hydrogen-bond acceptors (Lipinski definition) is 2. The van der Waals surface area contributed by atoms with Crippen LogP contribution in [0.5, 0.6) is 0 Å². The van der Waals surface area contributed by atoms with E-state index >= 15 is 0 Å². The minimum absolute atomic E-state index is 0.0468. The molecule has 0 aliphatic carbocycles. The summed E-state index contributed by atoms with van der Waals surface area (Å²) >= 11 is 1.53. The standard InChI is InChI=1S/C13H13NOS/c1-2-10-4-3-5-12(8-10)14-13(15)11-6-7-16-9-11/h3-9H,2H2,1H3,(H,14,15). The Bertz CT molecular complexity index is 476. The van der Waals surface area contributed by atoms with Crippen LogP contribution in [-0.2, 0) is 6.42 Å². The topological polar surface area (TPSA) is 29.1 Å². The second-order valence-corrected chi connectivity index (χ2v) is 4.30. The van der Waals surface area contributed by atoms with Gasteiger partial charge in [-0.3, -0.25) is 4.79 Å². The van der Waals surface area contributed by atoms with Gasteiger partial charge >= 0.3 is 0 Å². The maximum absolute atomic E-state index is 11.8. The lowest BCUT2D eigenvalue weighted by atomic mass is 10.1. The number of aryl methyl sites for hydroxylation is 1. The summed E-state index contributed by atoms with van der Waals surface area (Å²) < 4.78 is 0. The van der Waals surface area contributed by atoms with E-state index in [0.717, 1.165) is 12.1 Å². The summed E-state index contributed by atoms with van der Waals surface area (Å²) in [5.74, 6) is -0.0468. The first kappa shape index (κ1) is 10.9. The zero-order chi connectivity index (χ0) is 11.4. The first-order valence-electron chi connectivity index (χ1n) is 5.22. The van der Waals surface area contributed by atoms with Gasteiger partial charge in [0.1, 0.15) is 0 Å². The second-order valence-electron chi connectivity index (χ2n) is 3.52. The van der Waals surface area contributed by atoms with Crippen molar-refractivity contribution >= 4 is 22.9 Å². The molecule has 1 aromatic heterocycles. The molecule has 0 bridgehead atoms. The van der Waals surface area contributed by atoms with Crippen molar-refractivity contribution in [2.24, 2.45) is 0 Å². The van der Waals surface area contributed by atoms with Gasteiger partial charge in [-0.15, -0.1) is 0 Å². The normalized spacial score (nSPS) is 10.1. The Morgan fingerprint density at radius 2 is 2.25 bits per heavy atom. The van der Waals surface area contributed by atoms with Crippen LogP contribution in [0.15, 0.2) is 41.1 Å². The smallest absolute Gasteiger partial charge is 0.256 e. The van der Waals surface area contributed by atoms with Crippen LogP contribution in [0.25, 0.3) is 0 Å². The fourth-order valence-corrected chi connectivity index (χ4v) is 2.10. The predicted octanol–water partition coefficient (Wildman–Crippen LogP) is 3.56. The van der Waals surface area contributed by atoms with Crippen LogP contribution in [-0.4, -0.2) is 5.91 Å². The van der Waals surface area contributed by atoms with Gasteiger partial charge in [0, 0.05) is 11.1 Å². The van der Waals surface area contributed by atoms with Crippen LogP contribution in [0, 0.1) is 0 Å². The van der Waals surface area contributed by atoms with E-state index in [1.807, 2.05) is 35.0 Å². The highest BCUT2D eigenvalue weighted by atomic mass is 32.1. The monoisotopic (exact) mass is 231 g/mol. The lowest BCUT2D eigenvalue weighted by molar-refractivity contribution is 0.102. The quantitative estimate of drug-likeness (QED) is 0.859. The molecule has 0 atom stereocenters. The van der Waals surface area contributed by atoms with E-state index in [9.17, 15) is 4.79 Å². The van der Waals surface area contributed by atoms with E-state index in [2.05, 4.69) is 18.3 Å². The average Bonchev–Trinajstić information content (AvgIpc) is 2.83. The number of thiophene rings is 1. The van der Waals surface area contributed by atoms with Crippen LogP contribution in [0.3, 0.4) is 0 Å². The Kier molecular flexibility index (Phi) is 3.37. The Morgan fingerprint density at radius 3 is 2.94 bits per heavy atom. The maximum atomic E-state index is 11.8. The molecule has 0 spiro atoms. The van der Waals surface area contributed by atoms with Crippen LogP contribution in [0.4, 0.5) is 5.69 Å². The highest BCUT2D eigenvalue weighted by Crippen LogP contribution is 2.13. The van der Waals surface area contributed by atoms with Gasteiger partial charge in [-0.05, 0) is 35.6 Å². The van der Waals surface area contributed by atoms with Gasteiger partial charge in [-0.25, -0.2) is 0 Å². The molecule has 3 heteroatoms. The molecule has 0 aliphatic heterocycles. The fraction of sp³-hybridized carbons (Fsp3) is 0.154. The third-order valence-corrected chi connectivity index (χ3v) is 3.06. The third-order valence-electron chi connectivity index (χ3n) is 2.38. The Hall–Kier alpha value is -1.61. The number of carbonyl (C=O) groups is 1. The van der Waals surface area contributed by atoms with E-state index in [1.54, 1.807) is 0 Å². The van der Waals surface area contributed by atoms with Gasteiger partial charge in [0.15, 0.2) is 0 Å². The molecule has 1 N–H and O–H groups in total. The molecular formula is C13H13NOS. The van der Waals surface area contributed by atoms with Crippen molar-refractivity contribution in [3.05, 3.63) is 52.2 Å². The summed E-state index contributed by atoms with van der Waals surface area (Å²) in [4.78, 5) is 11.8. The molecular weight excluding hydrogens is 218 g/mol. The molecule has 1 amide bonds. The summed E-state index contributed by atoms with van der Waals surface area (Å²) in [5.41, 5.74) is 2.80. The predicted molar refractivity (Wildman–Crippen MR) is 68.1 cm³/mol. The van der Waals surface area contributed by atoms with Gasteiger partial charge < -0.3 is 5.32 Å². The summed E-state index contributed by atoms with van der Waals surface area (Å²) in [6, 6.07) is 9.75. The van der Waals surface area contributed by atoms with Crippen molar-refractivity contribution in [1.82, 2.24) is 0 Å². The summed E-state index contributed by atoms with van der Waals surface area (Å²) in [6.07, 6.45) is 0.974. The average molecular weight is 231 g/mol. The van der Waals surface area contributed by atoms with Crippen LogP contribution >= 0.6 is 11.3 Å². The lowest BCUT2D eigenvalue weighted by Gasteiger charge is -2.05. The molecule has 0 unspecified atom stereocenters. The van der Waals surface area contributed by atoms with Gasteiger partial charge in [0.05, 0.1) is 5.56 Å². The zero-order valence-corrected chi connectivity index (χ0v) is 9.88. The molecule has 1 heterocycles. The summed E-state index contributed by atoms with van der Waals surface area (Å²) in [7, 11) is 0. The van der Waals surface area contributed by atoms with Gasteiger partial charge in [-0.2, -0.15) is 11.3 Å². The van der Waals surface area contributed by atoms with Crippen molar-refractivity contribution in [3.8, 4) is 0 Å². The molecule has 1 aromatic carbocycles. The molecule has 2 nitrogen and oxygen atoms in total. The van der Waals surface area contributed by atoms with Crippen molar-refractivity contribution < 1.29 is 4.79 Å². The maximum Gasteiger partial charge on any atom is 0.256 e. The number of anilines is 1. The first-order valence-corrected chi connectivity index (χ1v) is 6.16.